The van der Waals surface area contributed by atoms with Crippen LogP contribution in [0.3, 0.4) is 0 Å². The van der Waals surface area contributed by atoms with Crippen LogP contribution < -0.4 is 14.2 Å². The summed E-state index contributed by atoms with van der Waals surface area (Å²) in [4.78, 5) is 12.4. The molecule has 0 saturated heterocycles. The molecule has 180 valence electrons. The number of carbonyl (C=O) groups excluding carboxylic acids is 1. The van der Waals surface area contributed by atoms with E-state index in [-0.39, 0.29) is 12.1 Å². The molecule has 0 aromatic heterocycles. The van der Waals surface area contributed by atoms with Crippen LogP contribution in [0.4, 0.5) is 0 Å². The molecule has 0 amide bonds. The van der Waals surface area contributed by atoms with Crippen molar-refractivity contribution < 1.29 is 19.0 Å². The van der Waals surface area contributed by atoms with Crippen LogP contribution in [0.25, 0.3) is 0 Å². The van der Waals surface area contributed by atoms with Crippen LogP contribution in [0.2, 0.25) is 0 Å². The number of carbonyl (C=O) groups is 1. The summed E-state index contributed by atoms with van der Waals surface area (Å²) in [5.41, 5.74) is 0.493. The van der Waals surface area contributed by atoms with Gasteiger partial charge in [-0.1, -0.05) is 45.1 Å². The monoisotopic (exact) mass is 452 g/mol. The minimum absolute atomic E-state index is 0.174. The summed E-state index contributed by atoms with van der Waals surface area (Å²) in [5, 5.41) is 0. The first-order chi connectivity index (χ1) is 16.1. The van der Waals surface area contributed by atoms with E-state index in [0.29, 0.717) is 17.9 Å². The lowest BCUT2D eigenvalue weighted by Gasteiger charge is -2.15. The molecule has 4 nitrogen and oxygen atoms in total. The minimum Gasteiger partial charge on any atom is -0.494 e. The summed E-state index contributed by atoms with van der Waals surface area (Å²) < 4.78 is 17.2. The third-order valence-electron chi connectivity index (χ3n) is 5.50. The van der Waals surface area contributed by atoms with E-state index < -0.39 is 0 Å². The number of benzene rings is 2. The van der Waals surface area contributed by atoms with Crippen LogP contribution in [0.5, 0.6) is 17.2 Å². The van der Waals surface area contributed by atoms with Gasteiger partial charge in [-0.2, -0.15) is 0 Å². The van der Waals surface area contributed by atoms with Crippen molar-refractivity contribution in [1.29, 1.82) is 0 Å². The smallest absolute Gasteiger partial charge is 0.343 e. The van der Waals surface area contributed by atoms with E-state index in [4.69, 9.17) is 14.2 Å². The summed E-state index contributed by atoms with van der Waals surface area (Å²) in [6.45, 7) is 8.73. The average Bonchev–Trinajstić information content (AvgIpc) is 2.83. The Morgan fingerprint density at radius 1 is 0.848 bits per heavy atom. The number of allylic oxidation sites excluding steroid dienone is 1. The zero-order valence-corrected chi connectivity index (χ0v) is 20.4. The van der Waals surface area contributed by atoms with Crippen LogP contribution in [0.1, 0.15) is 88.4 Å². The zero-order chi connectivity index (χ0) is 23.7. The molecule has 2 aromatic carbocycles. The maximum absolute atomic E-state index is 12.4. The second-order valence-electron chi connectivity index (χ2n) is 8.50. The molecule has 0 fully saturated rings. The van der Waals surface area contributed by atoms with Crippen molar-refractivity contribution in [3.63, 3.8) is 0 Å². The van der Waals surface area contributed by atoms with Gasteiger partial charge in [0.25, 0.3) is 0 Å². The summed E-state index contributed by atoms with van der Waals surface area (Å²) in [6, 6.07) is 14.3. The first-order valence-electron chi connectivity index (χ1n) is 12.4. The van der Waals surface area contributed by atoms with Gasteiger partial charge in [-0.05, 0) is 87.6 Å². The van der Waals surface area contributed by atoms with Crippen LogP contribution in [-0.4, -0.2) is 18.7 Å². The second kappa shape index (κ2) is 16.0. The van der Waals surface area contributed by atoms with E-state index in [2.05, 4.69) is 20.4 Å². The van der Waals surface area contributed by atoms with Crippen LogP contribution >= 0.6 is 0 Å². The van der Waals surface area contributed by atoms with Crippen molar-refractivity contribution in [3.05, 3.63) is 66.7 Å². The predicted octanol–water partition coefficient (Wildman–Crippen LogP) is 8.16. The van der Waals surface area contributed by atoms with Gasteiger partial charge in [0.05, 0.1) is 18.3 Å². The molecule has 33 heavy (non-hydrogen) atoms. The highest BCUT2D eigenvalue weighted by atomic mass is 16.5. The maximum Gasteiger partial charge on any atom is 0.343 e. The SMILES string of the molecule is C=CCCCCCCOc1ccc(C(=O)Oc2ccc(OC(C)CCCCCC)cc2)cc1. The van der Waals surface area contributed by atoms with Crippen LogP contribution in [-0.2, 0) is 0 Å². The molecule has 1 atom stereocenters. The molecular weight excluding hydrogens is 412 g/mol. The quantitative estimate of drug-likeness (QED) is 0.105. The molecule has 0 radical (unpaired) electrons. The molecule has 2 rings (SSSR count). The Morgan fingerprint density at radius 2 is 1.48 bits per heavy atom. The van der Waals surface area contributed by atoms with Crippen molar-refractivity contribution in [2.24, 2.45) is 0 Å². The molecule has 0 aliphatic heterocycles. The first-order valence-corrected chi connectivity index (χ1v) is 12.4. The fraction of sp³-hybridized carbons (Fsp3) is 0.483. The van der Waals surface area contributed by atoms with Crippen molar-refractivity contribution in [2.75, 3.05) is 6.61 Å². The van der Waals surface area contributed by atoms with Gasteiger partial charge in [0, 0.05) is 0 Å². The Kier molecular flexibility index (Phi) is 12.8. The molecule has 0 aliphatic rings. The van der Waals surface area contributed by atoms with Gasteiger partial charge in [-0.3, -0.25) is 0 Å². The standard InChI is InChI=1S/C29H40O4/c1-4-6-8-10-11-13-23-31-26-17-15-25(16-18-26)29(30)33-28-21-19-27(20-22-28)32-24(3)14-12-9-7-5-2/h4,15-22,24H,1,5-14,23H2,2-3H3. The van der Waals surface area contributed by atoms with Crippen LogP contribution in [0, 0.1) is 0 Å². The lowest BCUT2D eigenvalue weighted by molar-refractivity contribution is 0.0734. The second-order valence-corrected chi connectivity index (χ2v) is 8.50. The number of ether oxygens (including phenoxy) is 3. The highest BCUT2D eigenvalue weighted by Crippen LogP contribution is 2.21. The molecule has 0 N–H and O–H groups in total. The average molecular weight is 453 g/mol. The van der Waals surface area contributed by atoms with Crippen molar-refractivity contribution in [1.82, 2.24) is 0 Å². The Labute approximate surface area is 200 Å². The van der Waals surface area contributed by atoms with E-state index in [1.54, 1.807) is 24.3 Å². The number of hydrogen-bond acceptors (Lipinski definition) is 4. The van der Waals surface area contributed by atoms with Crippen molar-refractivity contribution in [2.45, 2.75) is 84.2 Å². The summed E-state index contributed by atoms with van der Waals surface area (Å²) >= 11 is 0. The number of esters is 1. The molecular formula is C29H40O4. The molecule has 0 spiro atoms. The van der Waals surface area contributed by atoms with Gasteiger partial charge in [0.1, 0.15) is 17.2 Å². The first kappa shape index (κ1) is 26.5. The molecule has 4 heteroatoms. The van der Waals surface area contributed by atoms with Crippen LogP contribution in [0.15, 0.2) is 61.2 Å². The van der Waals surface area contributed by atoms with Gasteiger partial charge >= 0.3 is 5.97 Å². The summed E-state index contributed by atoms with van der Waals surface area (Å²) in [5.74, 6) is 1.67. The van der Waals surface area contributed by atoms with Crippen molar-refractivity contribution in [3.8, 4) is 17.2 Å². The lowest BCUT2D eigenvalue weighted by Crippen LogP contribution is -2.11. The molecule has 0 saturated carbocycles. The fourth-order valence-corrected chi connectivity index (χ4v) is 3.52. The van der Waals surface area contributed by atoms with E-state index >= 15 is 0 Å². The Bertz CT molecular complexity index is 795. The molecule has 2 aromatic rings. The molecule has 0 heterocycles. The minimum atomic E-state index is -0.387. The topological polar surface area (TPSA) is 44.8 Å². The largest absolute Gasteiger partial charge is 0.494 e. The summed E-state index contributed by atoms with van der Waals surface area (Å²) in [6.07, 6.45) is 13.8. The van der Waals surface area contributed by atoms with Gasteiger partial charge in [0.2, 0.25) is 0 Å². The molecule has 0 aliphatic carbocycles. The fourth-order valence-electron chi connectivity index (χ4n) is 3.52. The Balaban J connectivity index is 1.71. The summed E-state index contributed by atoms with van der Waals surface area (Å²) in [7, 11) is 0. The lowest BCUT2D eigenvalue weighted by atomic mass is 10.1. The Morgan fingerprint density at radius 3 is 2.18 bits per heavy atom. The van der Waals surface area contributed by atoms with Gasteiger partial charge in [-0.15, -0.1) is 6.58 Å². The van der Waals surface area contributed by atoms with E-state index in [1.807, 2.05) is 30.3 Å². The van der Waals surface area contributed by atoms with Gasteiger partial charge in [0.15, 0.2) is 0 Å². The zero-order valence-electron chi connectivity index (χ0n) is 20.4. The Hall–Kier alpha value is -2.75. The highest BCUT2D eigenvalue weighted by Gasteiger charge is 2.10. The normalized spacial score (nSPS) is 11.6. The number of hydrogen-bond donors (Lipinski definition) is 0. The maximum atomic E-state index is 12.4. The molecule has 1 unspecified atom stereocenters. The van der Waals surface area contributed by atoms with E-state index in [9.17, 15) is 4.79 Å². The van der Waals surface area contributed by atoms with E-state index in [1.165, 1.54) is 38.5 Å². The van der Waals surface area contributed by atoms with E-state index in [0.717, 1.165) is 37.2 Å². The highest BCUT2D eigenvalue weighted by molar-refractivity contribution is 5.91. The predicted molar refractivity (Wildman–Crippen MR) is 135 cm³/mol. The van der Waals surface area contributed by atoms with Gasteiger partial charge in [-0.25, -0.2) is 4.79 Å². The van der Waals surface area contributed by atoms with Crippen molar-refractivity contribution >= 4 is 5.97 Å². The number of unbranched alkanes of at least 4 members (excludes halogenated alkanes) is 7. The third-order valence-corrected chi connectivity index (χ3v) is 5.50. The molecule has 0 bridgehead atoms. The van der Waals surface area contributed by atoms with Gasteiger partial charge < -0.3 is 14.2 Å². The third kappa shape index (κ3) is 11.1. The number of rotatable bonds is 17.